The molecule has 0 saturated carbocycles. The zero-order valence-electron chi connectivity index (χ0n) is 19.5. The van der Waals surface area contributed by atoms with Gasteiger partial charge in [-0.05, 0) is 24.3 Å². The van der Waals surface area contributed by atoms with Gasteiger partial charge in [0.15, 0.2) is 13.1 Å². The monoisotopic (exact) mass is 468 g/mol. The van der Waals surface area contributed by atoms with E-state index < -0.39 is 0 Å². The third kappa shape index (κ3) is 7.12. The van der Waals surface area contributed by atoms with E-state index in [2.05, 4.69) is 21.1 Å². The number of nitrogens with zero attached hydrogens (tertiary/aromatic N) is 4. The highest BCUT2D eigenvalue weighted by molar-refractivity contribution is 5.86. The summed E-state index contributed by atoms with van der Waals surface area (Å²) >= 11 is 0. The van der Waals surface area contributed by atoms with Gasteiger partial charge in [-0.3, -0.25) is 9.59 Å². The molecule has 0 unspecified atom stereocenters. The van der Waals surface area contributed by atoms with Crippen molar-refractivity contribution in [1.82, 2.24) is 10.9 Å². The van der Waals surface area contributed by atoms with Gasteiger partial charge in [0.1, 0.15) is 37.7 Å². The van der Waals surface area contributed by atoms with E-state index in [9.17, 15) is 19.8 Å². The molecule has 10 nitrogen and oxygen atoms in total. The molecule has 0 spiro atoms. The lowest BCUT2D eigenvalue weighted by Gasteiger charge is -2.45. The zero-order valence-corrected chi connectivity index (χ0v) is 19.5. The van der Waals surface area contributed by atoms with Crippen LogP contribution in [0.5, 0.6) is 11.5 Å². The Morgan fingerprint density at radius 1 is 0.765 bits per heavy atom. The van der Waals surface area contributed by atoms with Gasteiger partial charge in [0.2, 0.25) is 0 Å². The molecule has 10 heteroatoms. The van der Waals surface area contributed by atoms with Crippen LogP contribution in [-0.2, 0) is 9.59 Å². The Labute approximate surface area is 199 Å². The lowest BCUT2D eigenvalue weighted by molar-refractivity contribution is -1.01. The maximum Gasteiger partial charge on any atom is 0.295 e. The summed E-state index contributed by atoms with van der Waals surface area (Å²) in [5.41, 5.74) is 6.10. The van der Waals surface area contributed by atoms with Gasteiger partial charge in [-0.1, -0.05) is 24.3 Å². The van der Waals surface area contributed by atoms with E-state index in [1.807, 2.05) is 14.1 Å². The van der Waals surface area contributed by atoms with Crippen LogP contribution in [0, 0.1) is 0 Å². The number of carbonyl (C=O) groups excluding carboxylic acids is 2. The van der Waals surface area contributed by atoms with E-state index in [1.165, 1.54) is 12.4 Å². The van der Waals surface area contributed by atoms with Crippen LogP contribution in [0.3, 0.4) is 0 Å². The number of para-hydroxylation sites is 2. The van der Waals surface area contributed by atoms with Crippen molar-refractivity contribution in [2.24, 2.45) is 10.2 Å². The first-order chi connectivity index (χ1) is 16.2. The summed E-state index contributed by atoms with van der Waals surface area (Å²) in [4.78, 5) is 24.8. The van der Waals surface area contributed by atoms with Crippen molar-refractivity contribution in [3.8, 4) is 11.5 Å². The molecule has 2 aromatic rings. The Morgan fingerprint density at radius 3 is 1.47 bits per heavy atom. The molecule has 1 aliphatic rings. The first kappa shape index (κ1) is 24.9. The molecule has 180 valence electrons. The number of phenols is 2. The maximum absolute atomic E-state index is 12.4. The number of amides is 2. The average molecular weight is 469 g/mol. The molecule has 3 rings (SSSR count). The average Bonchev–Trinajstić information content (AvgIpc) is 2.79. The summed E-state index contributed by atoms with van der Waals surface area (Å²) in [6.07, 6.45) is 2.83. The standard InChI is InChI=1S/C24H30N6O4/c1-29(17-23(33)27-25-15-19-7-3-5-9-21(19)31)11-13-30(2,14-12-29)18-24(34)28-26-16-20-8-4-6-10-22(20)32/h3-10,15-16H,11-14,17-18H2,1-2H3,(H2-2,25,26,27,28,31,32,33,34)/p+2. The number of rotatable bonds is 8. The lowest BCUT2D eigenvalue weighted by Crippen LogP contribution is -2.66. The molecule has 1 aliphatic heterocycles. The molecule has 0 radical (unpaired) electrons. The summed E-state index contributed by atoms with van der Waals surface area (Å²) < 4.78 is 1.11. The molecule has 0 aromatic heterocycles. The number of hydrazone groups is 2. The van der Waals surface area contributed by atoms with E-state index >= 15 is 0 Å². The number of phenolic OH excluding ortho intramolecular Hbond substituents is 2. The Hall–Kier alpha value is -3.76. The van der Waals surface area contributed by atoms with E-state index in [4.69, 9.17) is 0 Å². The van der Waals surface area contributed by atoms with Crippen LogP contribution >= 0.6 is 0 Å². The predicted molar refractivity (Wildman–Crippen MR) is 129 cm³/mol. The number of hydrogen-bond donors (Lipinski definition) is 4. The number of likely N-dealkylation sites (N-methyl/N-ethyl adjacent to an activating group) is 2. The van der Waals surface area contributed by atoms with Crippen molar-refractivity contribution in [3.63, 3.8) is 0 Å². The van der Waals surface area contributed by atoms with Crippen molar-refractivity contribution in [2.75, 3.05) is 53.4 Å². The highest BCUT2D eigenvalue weighted by atomic mass is 16.3. The van der Waals surface area contributed by atoms with Crippen molar-refractivity contribution in [2.45, 2.75) is 0 Å². The molecule has 1 saturated heterocycles. The topological polar surface area (TPSA) is 123 Å². The highest BCUT2D eigenvalue weighted by Crippen LogP contribution is 2.16. The molecule has 2 aromatic carbocycles. The van der Waals surface area contributed by atoms with Gasteiger partial charge in [0.25, 0.3) is 11.8 Å². The molecule has 2 amide bonds. The second kappa shape index (κ2) is 10.9. The smallest absolute Gasteiger partial charge is 0.295 e. The summed E-state index contributed by atoms with van der Waals surface area (Å²) in [7, 11) is 4.04. The minimum Gasteiger partial charge on any atom is -0.507 e. The van der Waals surface area contributed by atoms with Crippen molar-refractivity contribution >= 4 is 24.2 Å². The van der Waals surface area contributed by atoms with Crippen LogP contribution in [-0.4, -0.2) is 96.8 Å². The molecule has 1 heterocycles. The number of piperazine rings is 1. The van der Waals surface area contributed by atoms with Gasteiger partial charge in [-0.15, -0.1) is 0 Å². The first-order valence-corrected chi connectivity index (χ1v) is 11.1. The normalized spacial score (nSPS) is 22.6. The van der Waals surface area contributed by atoms with Gasteiger partial charge < -0.3 is 19.2 Å². The minimum absolute atomic E-state index is 0.0977. The molecule has 0 bridgehead atoms. The Balaban J connectivity index is 1.44. The highest BCUT2D eigenvalue weighted by Gasteiger charge is 2.39. The van der Waals surface area contributed by atoms with Gasteiger partial charge in [0.05, 0.1) is 26.5 Å². The van der Waals surface area contributed by atoms with Crippen LogP contribution in [0.2, 0.25) is 0 Å². The first-order valence-electron chi connectivity index (χ1n) is 11.1. The van der Waals surface area contributed by atoms with Gasteiger partial charge in [-0.25, -0.2) is 10.9 Å². The Bertz CT molecular complexity index is 991. The molecule has 0 aliphatic carbocycles. The van der Waals surface area contributed by atoms with Crippen molar-refractivity contribution in [3.05, 3.63) is 59.7 Å². The number of quaternary nitrogens is 2. The number of benzene rings is 2. The SMILES string of the molecule is C[N+]1(CC(=O)N/N=C/c2ccccc2O)CC[N+](C)(CC(=O)N/N=C/c2ccccc2O)CC1. The Morgan fingerprint density at radius 2 is 1.12 bits per heavy atom. The molecular weight excluding hydrogens is 436 g/mol. The largest absolute Gasteiger partial charge is 0.507 e. The van der Waals surface area contributed by atoms with Gasteiger partial charge >= 0.3 is 0 Å². The quantitative estimate of drug-likeness (QED) is 0.257. The summed E-state index contributed by atoms with van der Waals surface area (Å²) in [6, 6.07) is 13.5. The van der Waals surface area contributed by atoms with E-state index in [0.29, 0.717) is 20.1 Å². The second-order valence-corrected chi connectivity index (χ2v) is 9.15. The van der Waals surface area contributed by atoms with Gasteiger partial charge in [-0.2, -0.15) is 10.2 Å². The van der Waals surface area contributed by atoms with Crippen LogP contribution < -0.4 is 10.9 Å². The van der Waals surface area contributed by atoms with Crippen molar-refractivity contribution < 1.29 is 28.8 Å². The molecule has 1 fully saturated rings. The Kier molecular flexibility index (Phi) is 7.98. The van der Waals surface area contributed by atoms with E-state index in [1.54, 1.807) is 48.5 Å². The molecule has 4 N–H and O–H groups in total. The fourth-order valence-electron chi connectivity index (χ4n) is 3.81. The van der Waals surface area contributed by atoms with Gasteiger partial charge in [0, 0.05) is 11.1 Å². The molecule has 0 atom stereocenters. The van der Waals surface area contributed by atoms with Crippen LogP contribution in [0.25, 0.3) is 0 Å². The predicted octanol–water partition coefficient (Wildman–Crippen LogP) is 0.605. The maximum atomic E-state index is 12.4. The number of nitrogens with one attached hydrogen (secondary N) is 2. The summed E-state index contributed by atoms with van der Waals surface area (Å²) in [5.74, 6) is -0.218. The third-order valence-corrected chi connectivity index (χ3v) is 6.07. The zero-order chi connectivity index (χ0) is 24.6. The van der Waals surface area contributed by atoms with Crippen molar-refractivity contribution in [1.29, 1.82) is 0 Å². The van der Waals surface area contributed by atoms with E-state index in [-0.39, 0.29) is 36.4 Å². The van der Waals surface area contributed by atoms with E-state index in [0.717, 1.165) is 26.2 Å². The number of carbonyl (C=O) groups is 2. The third-order valence-electron chi connectivity index (χ3n) is 6.07. The fourth-order valence-corrected chi connectivity index (χ4v) is 3.81. The van der Waals surface area contributed by atoms with Crippen LogP contribution in [0.1, 0.15) is 11.1 Å². The lowest BCUT2D eigenvalue weighted by atomic mass is 10.2. The summed E-state index contributed by atoms with van der Waals surface area (Å²) in [5, 5.41) is 27.4. The fraction of sp³-hybridized carbons (Fsp3) is 0.333. The number of hydrogen-bond acceptors (Lipinski definition) is 6. The summed E-state index contributed by atoms with van der Waals surface area (Å²) in [6.45, 7) is 3.50. The molecule has 34 heavy (non-hydrogen) atoms. The van der Waals surface area contributed by atoms with Crippen LogP contribution in [0.4, 0.5) is 0 Å². The molecular formula is C24H32N6O4+2. The minimum atomic E-state index is -0.207. The van der Waals surface area contributed by atoms with Crippen LogP contribution in [0.15, 0.2) is 58.7 Å². The second-order valence-electron chi connectivity index (χ2n) is 9.15. The number of aromatic hydroxyl groups is 2.